The van der Waals surface area contributed by atoms with Crippen molar-refractivity contribution in [2.24, 2.45) is 11.8 Å². The van der Waals surface area contributed by atoms with Crippen LogP contribution in [0.3, 0.4) is 0 Å². The van der Waals surface area contributed by atoms with Gasteiger partial charge in [0.1, 0.15) is 11.5 Å². The lowest BCUT2D eigenvalue weighted by molar-refractivity contribution is -0.126. The summed E-state index contributed by atoms with van der Waals surface area (Å²) in [5.74, 6) is -0.854. The van der Waals surface area contributed by atoms with E-state index in [4.69, 9.17) is 9.47 Å². The van der Waals surface area contributed by atoms with E-state index >= 15 is 0 Å². The van der Waals surface area contributed by atoms with E-state index in [9.17, 15) is 35.4 Å². The minimum Gasteiger partial charge on any atom is -0.508 e. The number of phenolic OH excluding ortho intramolecular Hbond substituents is 3. The fourth-order valence-electron chi connectivity index (χ4n) is 5.12. The van der Waals surface area contributed by atoms with Crippen molar-refractivity contribution in [3.63, 3.8) is 0 Å². The summed E-state index contributed by atoms with van der Waals surface area (Å²) in [5.41, 5.74) is 2.28. The van der Waals surface area contributed by atoms with Crippen molar-refractivity contribution in [3.05, 3.63) is 70.8 Å². The summed E-state index contributed by atoms with van der Waals surface area (Å²) in [7, 11) is 1.45. The number of aliphatic hydroxyl groups excluding tert-OH is 2. The van der Waals surface area contributed by atoms with Crippen molar-refractivity contribution in [2.75, 3.05) is 13.7 Å². The molecule has 0 aliphatic carbocycles. The van der Waals surface area contributed by atoms with Gasteiger partial charge in [0.25, 0.3) is 0 Å². The molecule has 0 fully saturated rings. The number of phenols is 4. The van der Waals surface area contributed by atoms with Gasteiger partial charge in [0.15, 0.2) is 23.0 Å². The van der Waals surface area contributed by atoms with E-state index in [-0.39, 0.29) is 60.2 Å². The number of aryl methyl sites for hydroxylation is 2. The van der Waals surface area contributed by atoms with Crippen molar-refractivity contribution in [1.29, 1.82) is 0 Å². The number of carbonyl (C=O) groups is 1. The Balaban J connectivity index is 1.77. The normalized spacial score (nSPS) is 12.7. The minimum absolute atomic E-state index is 0.00431. The van der Waals surface area contributed by atoms with Crippen LogP contribution in [0.25, 0.3) is 0 Å². The van der Waals surface area contributed by atoms with Crippen molar-refractivity contribution in [2.45, 2.75) is 71.5 Å². The molecule has 0 aliphatic rings. The first-order chi connectivity index (χ1) is 20.5. The number of hydrogen-bond donors (Lipinski definition) is 6. The second kappa shape index (κ2) is 16.0. The largest absolute Gasteiger partial charge is 0.508 e. The Hall–Kier alpha value is -3.95. The zero-order valence-electron chi connectivity index (χ0n) is 25.1. The second-order valence-corrected chi connectivity index (χ2v) is 11.3. The third kappa shape index (κ3) is 9.53. The molecule has 234 valence electrons. The van der Waals surface area contributed by atoms with Crippen molar-refractivity contribution in [1.82, 2.24) is 0 Å². The van der Waals surface area contributed by atoms with Gasteiger partial charge in [-0.3, -0.25) is 4.79 Å². The topological polar surface area (TPSA) is 157 Å². The summed E-state index contributed by atoms with van der Waals surface area (Å²) in [4.78, 5) is 13.6. The SMILES string of the molecule is COc1cc(CC[C@@H](O)[C@@H](Cc2cccc(O)c2CO)C(=O)CCc2cc(O)c(O)c(OCCCC(C)C)c2)ccc1O. The van der Waals surface area contributed by atoms with Crippen molar-refractivity contribution < 1.29 is 44.9 Å². The number of rotatable bonds is 17. The van der Waals surface area contributed by atoms with Crippen LogP contribution in [0.15, 0.2) is 48.5 Å². The van der Waals surface area contributed by atoms with E-state index in [0.717, 1.165) is 18.4 Å². The molecule has 2 atom stereocenters. The van der Waals surface area contributed by atoms with E-state index < -0.39 is 18.6 Å². The molecular formula is C34H44O9. The molecule has 3 aromatic rings. The molecule has 9 heteroatoms. The summed E-state index contributed by atoms with van der Waals surface area (Å²) in [6.07, 6.45) is 1.75. The van der Waals surface area contributed by atoms with Crippen LogP contribution in [-0.2, 0) is 30.7 Å². The Bertz CT molecular complexity index is 1350. The zero-order chi connectivity index (χ0) is 31.5. The molecule has 0 aliphatic heterocycles. The Labute approximate surface area is 253 Å². The fourth-order valence-corrected chi connectivity index (χ4v) is 5.12. The van der Waals surface area contributed by atoms with Crippen molar-refractivity contribution >= 4 is 5.78 Å². The number of carbonyl (C=O) groups excluding carboxylic acids is 1. The van der Waals surface area contributed by atoms with Crippen LogP contribution >= 0.6 is 0 Å². The Kier molecular flexibility index (Phi) is 12.5. The molecule has 9 nitrogen and oxygen atoms in total. The highest BCUT2D eigenvalue weighted by atomic mass is 16.5. The Morgan fingerprint density at radius 3 is 2.30 bits per heavy atom. The lowest BCUT2D eigenvalue weighted by Crippen LogP contribution is -2.31. The van der Waals surface area contributed by atoms with Crippen molar-refractivity contribution in [3.8, 4) is 34.5 Å². The molecule has 0 spiro atoms. The molecule has 0 aromatic heterocycles. The van der Waals surface area contributed by atoms with Crippen LogP contribution in [0, 0.1) is 11.8 Å². The summed E-state index contributed by atoms with van der Waals surface area (Å²) >= 11 is 0. The summed E-state index contributed by atoms with van der Waals surface area (Å²) in [6.45, 7) is 4.19. The van der Waals surface area contributed by atoms with Crippen LogP contribution in [0.5, 0.6) is 34.5 Å². The summed E-state index contributed by atoms with van der Waals surface area (Å²) in [5, 5.41) is 61.8. The number of Topliss-reactive ketones (excluding diaryl/α,β-unsaturated/α-hetero) is 1. The Morgan fingerprint density at radius 1 is 0.860 bits per heavy atom. The molecule has 0 radical (unpaired) electrons. The van der Waals surface area contributed by atoms with E-state index in [1.807, 2.05) is 0 Å². The van der Waals surface area contributed by atoms with Gasteiger partial charge in [0, 0.05) is 17.9 Å². The molecule has 0 saturated heterocycles. The minimum atomic E-state index is -1.05. The first-order valence-electron chi connectivity index (χ1n) is 14.7. The quantitative estimate of drug-likeness (QED) is 0.0913. The average Bonchev–Trinajstić information content (AvgIpc) is 2.98. The highest BCUT2D eigenvalue weighted by Gasteiger charge is 2.28. The monoisotopic (exact) mass is 596 g/mol. The lowest BCUT2D eigenvalue weighted by Gasteiger charge is -2.24. The predicted octanol–water partition coefficient (Wildman–Crippen LogP) is 5.18. The number of aliphatic hydroxyl groups is 2. The molecule has 3 aromatic carbocycles. The number of benzene rings is 3. The highest BCUT2D eigenvalue weighted by Crippen LogP contribution is 2.37. The van der Waals surface area contributed by atoms with E-state index in [1.54, 1.807) is 30.3 Å². The third-order valence-corrected chi connectivity index (χ3v) is 7.66. The van der Waals surface area contributed by atoms with E-state index in [2.05, 4.69) is 13.8 Å². The van der Waals surface area contributed by atoms with Gasteiger partial charge in [0.05, 0.1) is 26.4 Å². The highest BCUT2D eigenvalue weighted by molar-refractivity contribution is 5.82. The number of ketones is 1. The van der Waals surface area contributed by atoms with Gasteiger partial charge in [-0.25, -0.2) is 0 Å². The summed E-state index contributed by atoms with van der Waals surface area (Å²) in [6, 6.07) is 12.7. The maximum Gasteiger partial charge on any atom is 0.200 e. The number of methoxy groups -OCH3 is 1. The van der Waals surface area contributed by atoms with Gasteiger partial charge < -0.3 is 40.1 Å². The van der Waals surface area contributed by atoms with Crippen LogP contribution in [0.1, 0.15) is 61.8 Å². The molecule has 6 N–H and O–H groups in total. The van der Waals surface area contributed by atoms with Gasteiger partial charge in [-0.05, 0) is 91.5 Å². The maximum atomic E-state index is 13.6. The van der Waals surface area contributed by atoms with Gasteiger partial charge in [-0.1, -0.05) is 32.0 Å². The lowest BCUT2D eigenvalue weighted by atomic mass is 9.84. The second-order valence-electron chi connectivity index (χ2n) is 11.3. The summed E-state index contributed by atoms with van der Waals surface area (Å²) < 4.78 is 10.9. The molecule has 43 heavy (non-hydrogen) atoms. The predicted molar refractivity (Wildman–Crippen MR) is 163 cm³/mol. The fraction of sp³-hybridized carbons (Fsp3) is 0.441. The van der Waals surface area contributed by atoms with Gasteiger partial charge in [-0.15, -0.1) is 0 Å². The number of ether oxygens (including phenoxy) is 2. The molecule has 0 amide bonds. The average molecular weight is 597 g/mol. The first-order valence-corrected chi connectivity index (χ1v) is 14.7. The van der Waals surface area contributed by atoms with Crippen LogP contribution < -0.4 is 9.47 Å². The Morgan fingerprint density at radius 2 is 1.60 bits per heavy atom. The standard InChI is InChI=1S/C34H44O9/c1-21(2)6-5-15-43-33-18-23(16-31(40)34(33)41)11-13-29(38)25(19-24-7-4-8-27(36)26(24)20-35)28(37)12-9-22-10-14-30(39)32(17-22)42-3/h4,7-8,10,14,16-18,21,25,28,35-37,39-41H,5-6,9,11-13,15,19-20H2,1-3H3/t25-,28-/m1/s1. The molecule has 0 heterocycles. The van der Waals surface area contributed by atoms with E-state index in [1.165, 1.54) is 25.3 Å². The zero-order valence-corrected chi connectivity index (χ0v) is 25.1. The third-order valence-electron chi connectivity index (χ3n) is 7.66. The number of aromatic hydroxyl groups is 4. The van der Waals surface area contributed by atoms with Gasteiger partial charge in [-0.2, -0.15) is 0 Å². The molecule has 0 bridgehead atoms. The number of hydrogen-bond acceptors (Lipinski definition) is 9. The van der Waals surface area contributed by atoms with Crippen LogP contribution in [-0.4, -0.2) is 56.2 Å². The maximum absolute atomic E-state index is 13.6. The molecule has 3 rings (SSSR count). The van der Waals surface area contributed by atoms with Gasteiger partial charge in [0.2, 0.25) is 5.75 Å². The van der Waals surface area contributed by atoms with Gasteiger partial charge >= 0.3 is 0 Å². The van der Waals surface area contributed by atoms with Crippen LogP contribution in [0.2, 0.25) is 0 Å². The smallest absolute Gasteiger partial charge is 0.200 e. The first kappa shape index (κ1) is 33.6. The molecular weight excluding hydrogens is 552 g/mol. The van der Waals surface area contributed by atoms with E-state index in [0.29, 0.717) is 41.4 Å². The van der Waals surface area contributed by atoms with Crippen LogP contribution in [0.4, 0.5) is 0 Å². The molecule has 0 unspecified atom stereocenters. The molecule has 0 saturated carbocycles.